The number of hydrogen-bond acceptors (Lipinski definition) is 7. The second kappa shape index (κ2) is 7.44. The summed E-state index contributed by atoms with van der Waals surface area (Å²) >= 11 is 0. The molecule has 0 spiro atoms. The standard InChI is InChI=1S/C15H19F3N4O4/c1-25-7-9(10-3-4-11(19)22-21-10)14(13(24)26-2)5-8(15(16,17)18)6-20-12(14)23/h3-4,8-9H,5-7H2,1-2H3,(H2,19,22)(H,20,23)/t8-,9?,14?/m1/s1. The van der Waals surface area contributed by atoms with Crippen LogP contribution in [0.25, 0.3) is 0 Å². The van der Waals surface area contributed by atoms with Crippen LogP contribution in [0.5, 0.6) is 0 Å². The Hall–Kier alpha value is -2.43. The minimum atomic E-state index is -4.60. The average Bonchev–Trinajstić information content (AvgIpc) is 2.60. The molecule has 0 aromatic carbocycles. The third kappa shape index (κ3) is 3.57. The monoisotopic (exact) mass is 376 g/mol. The van der Waals surface area contributed by atoms with Crippen molar-refractivity contribution in [3.63, 3.8) is 0 Å². The van der Waals surface area contributed by atoms with E-state index >= 15 is 0 Å². The first-order chi connectivity index (χ1) is 12.2. The van der Waals surface area contributed by atoms with E-state index in [2.05, 4.69) is 15.5 Å². The minimum Gasteiger partial charge on any atom is -0.468 e. The smallest absolute Gasteiger partial charge is 0.393 e. The number of rotatable bonds is 5. The lowest BCUT2D eigenvalue weighted by Crippen LogP contribution is -2.60. The number of piperidine rings is 1. The molecular formula is C15H19F3N4O4. The molecule has 2 unspecified atom stereocenters. The summed E-state index contributed by atoms with van der Waals surface area (Å²) in [4.78, 5) is 25.2. The van der Waals surface area contributed by atoms with Crippen LogP contribution in [0.4, 0.5) is 19.0 Å². The minimum absolute atomic E-state index is 0.0818. The number of nitrogens with zero attached hydrogens (tertiary/aromatic N) is 2. The summed E-state index contributed by atoms with van der Waals surface area (Å²) in [6.45, 7) is -0.861. The molecule has 2 heterocycles. The molecule has 144 valence electrons. The fourth-order valence-electron chi connectivity index (χ4n) is 3.15. The second-order valence-corrected chi connectivity index (χ2v) is 6.01. The summed E-state index contributed by atoms with van der Waals surface area (Å²) in [6.07, 6.45) is -5.38. The maximum Gasteiger partial charge on any atom is 0.393 e. The first-order valence-electron chi connectivity index (χ1n) is 7.68. The molecule has 0 saturated carbocycles. The molecule has 1 aliphatic rings. The number of nitrogens with one attached hydrogen (secondary N) is 1. The van der Waals surface area contributed by atoms with Crippen molar-refractivity contribution in [1.29, 1.82) is 0 Å². The van der Waals surface area contributed by atoms with Crippen LogP contribution in [0.1, 0.15) is 18.0 Å². The molecule has 3 N–H and O–H groups in total. The number of hydrogen-bond donors (Lipinski definition) is 2. The Labute approximate surface area is 147 Å². The normalized spacial score (nSPS) is 24.7. The van der Waals surface area contributed by atoms with Gasteiger partial charge in [-0.25, -0.2) is 0 Å². The van der Waals surface area contributed by atoms with E-state index in [-0.39, 0.29) is 18.1 Å². The lowest BCUT2D eigenvalue weighted by molar-refractivity contribution is -0.197. The summed E-state index contributed by atoms with van der Waals surface area (Å²) in [6, 6.07) is 2.76. The number of nitrogen functional groups attached to an aromatic ring is 1. The number of carbonyl (C=O) groups is 2. The summed E-state index contributed by atoms with van der Waals surface area (Å²) in [5.74, 6) is -4.94. The van der Waals surface area contributed by atoms with Gasteiger partial charge in [0, 0.05) is 13.7 Å². The topological polar surface area (TPSA) is 116 Å². The molecule has 0 radical (unpaired) electrons. The highest BCUT2D eigenvalue weighted by Gasteiger charge is 2.61. The van der Waals surface area contributed by atoms with Crippen LogP contribution >= 0.6 is 0 Å². The van der Waals surface area contributed by atoms with Crippen LogP contribution in [0.3, 0.4) is 0 Å². The Balaban J connectivity index is 2.59. The third-order valence-electron chi connectivity index (χ3n) is 4.49. The van der Waals surface area contributed by atoms with E-state index in [0.29, 0.717) is 0 Å². The van der Waals surface area contributed by atoms with E-state index in [1.54, 1.807) is 0 Å². The van der Waals surface area contributed by atoms with Gasteiger partial charge in [0.1, 0.15) is 5.82 Å². The molecule has 1 aromatic heterocycles. The maximum absolute atomic E-state index is 13.3. The number of halogens is 3. The van der Waals surface area contributed by atoms with E-state index in [4.69, 9.17) is 15.2 Å². The predicted molar refractivity (Wildman–Crippen MR) is 82.7 cm³/mol. The largest absolute Gasteiger partial charge is 0.468 e. The number of alkyl halides is 3. The zero-order valence-corrected chi connectivity index (χ0v) is 14.2. The highest BCUT2D eigenvalue weighted by molar-refractivity contribution is 6.04. The van der Waals surface area contributed by atoms with Gasteiger partial charge in [0.2, 0.25) is 5.91 Å². The number of aromatic nitrogens is 2. The fourth-order valence-corrected chi connectivity index (χ4v) is 3.15. The van der Waals surface area contributed by atoms with Crippen molar-refractivity contribution >= 4 is 17.7 Å². The predicted octanol–water partition coefficient (Wildman–Crippen LogP) is 0.647. The van der Waals surface area contributed by atoms with Crippen molar-refractivity contribution in [3.05, 3.63) is 17.8 Å². The van der Waals surface area contributed by atoms with Crippen LogP contribution in [0.15, 0.2) is 12.1 Å². The Kier molecular flexibility index (Phi) is 5.69. The molecule has 1 aromatic rings. The van der Waals surface area contributed by atoms with Crippen molar-refractivity contribution in [2.45, 2.75) is 18.5 Å². The number of carbonyl (C=O) groups excluding carboxylic acids is 2. The quantitative estimate of drug-likeness (QED) is 0.572. The van der Waals surface area contributed by atoms with Crippen molar-refractivity contribution in [3.8, 4) is 0 Å². The zero-order chi connectivity index (χ0) is 19.5. The summed E-state index contributed by atoms with van der Waals surface area (Å²) in [5, 5.41) is 9.66. The summed E-state index contributed by atoms with van der Waals surface area (Å²) in [5.41, 5.74) is 3.42. The molecule has 1 amide bonds. The molecular weight excluding hydrogens is 357 g/mol. The first-order valence-corrected chi connectivity index (χ1v) is 7.68. The number of ether oxygens (including phenoxy) is 2. The van der Waals surface area contributed by atoms with Gasteiger partial charge in [-0.05, 0) is 18.6 Å². The van der Waals surface area contributed by atoms with Crippen LogP contribution in [0.2, 0.25) is 0 Å². The Morgan fingerprint density at radius 1 is 1.42 bits per heavy atom. The van der Waals surface area contributed by atoms with Crippen LogP contribution in [-0.4, -0.2) is 55.6 Å². The molecule has 2 rings (SSSR count). The van der Waals surface area contributed by atoms with Gasteiger partial charge < -0.3 is 20.5 Å². The molecule has 11 heteroatoms. The summed E-state index contributed by atoms with van der Waals surface area (Å²) < 4.78 is 49.7. The number of anilines is 1. The number of amides is 1. The molecule has 1 aliphatic heterocycles. The van der Waals surface area contributed by atoms with E-state index in [1.165, 1.54) is 19.2 Å². The molecule has 26 heavy (non-hydrogen) atoms. The van der Waals surface area contributed by atoms with Gasteiger partial charge in [-0.15, -0.1) is 5.10 Å². The van der Waals surface area contributed by atoms with E-state index < -0.39 is 48.3 Å². The maximum atomic E-state index is 13.3. The number of esters is 1. The van der Waals surface area contributed by atoms with Gasteiger partial charge in [0.25, 0.3) is 0 Å². The highest BCUT2D eigenvalue weighted by Crippen LogP contribution is 2.47. The van der Waals surface area contributed by atoms with Gasteiger partial charge in [-0.1, -0.05) is 0 Å². The Morgan fingerprint density at radius 2 is 2.12 bits per heavy atom. The van der Waals surface area contributed by atoms with Crippen LogP contribution in [-0.2, 0) is 19.1 Å². The second-order valence-electron chi connectivity index (χ2n) is 6.01. The van der Waals surface area contributed by atoms with Crippen molar-refractivity contribution in [1.82, 2.24) is 15.5 Å². The highest BCUT2D eigenvalue weighted by atomic mass is 19.4. The molecule has 1 fully saturated rings. The molecule has 0 aliphatic carbocycles. The van der Waals surface area contributed by atoms with Crippen molar-refractivity contribution in [2.24, 2.45) is 11.3 Å². The van der Waals surface area contributed by atoms with E-state index in [9.17, 15) is 22.8 Å². The summed E-state index contributed by atoms with van der Waals surface area (Å²) in [7, 11) is 2.30. The molecule has 3 atom stereocenters. The van der Waals surface area contributed by atoms with E-state index in [0.717, 1.165) is 7.11 Å². The SMILES string of the molecule is COCC(c1ccc(N)nn1)C1(C(=O)OC)C[C@@H](C(F)(F)F)CNC1=O. The third-order valence-corrected chi connectivity index (χ3v) is 4.49. The lowest BCUT2D eigenvalue weighted by Gasteiger charge is -2.42. The average molecular weight is 376 g/mol. The van der Waals surface area contributed by atoms with Crippen molar-refractivity contribution < 1.29 is 32.2 Å². The van der Waals surface area contributed by atoms with Gasteiger partial charge in [0.05, 0.1) is 31.2 Å². The van der Waals surface area contributed by atoms with Crippen LogP contribution in [0, 0.1) is 11.3 Å². The molecule has 1 saturated heterocycles. The fraction of sp³-hybridized carbons (Fsp3) is 0.600. The Bertz CT molecular complexity index is 658. The Morgan fingerprint density at radius 3 is 2.62 bits per heavy atom. The van der Waals surface area contributed by atoms with Gasteiger partial charge in [-0.2, -0.15) is 18.3 Å². The number of nitrogens with two attached hydrogens (primary N) is 1. The van der Waals surface area contributed by atoms with E-state index in [1.807, 2.05) is 0 Å². The lowest BCUT2D eigenvalue weighted by atomic mass is 9.65. The number of methoxy groups -OCH3 is 2. The van der Waals surface area contributed by atoms with Gasteiger partial charge >= 0.3 is 12.1 Å². The van der Waals surface area contributed by atoms with Crippen LogP contribution < -0.4 is 11.1 Å². The zero-order valence-electron chi connectivity index (χ0n) is 14.2. The molecule has 0 bridgehead atoms. The first kappa shape index (κ1) is 19.9. The van der Waals surface area contributed by atoms with Gasteiger partial charge in [-0.3, -0.25) is 9.59 Å². The van der Waals surface area contributed by atoms with Gasteiger partial charge in [0.15, 0.2) is 5.41 Å². The molecule has 8 nitrogen and oxygen atoms in total. The van der Waals surface area contributed by atoms with Crippen molar-refractivity contribution in [2.75, 3.05) is 33.1 Å².